The Morgan fingerprint density at radius 3 is 2.81 bits per heavy atom. The minimum Gasteiger partial charge on any atom is -0.494 e. The third kappa shape index (κ3) is 2.42. The summed E-state index contributed by atoms with van der Waals surface area (Å²) in [5.74, 6) is 0.109. The van der Waals surface area contributed by atoms with E-state index in [1.165, 1.54) is 18.7 Å². The Balaban J connectivity index is 2.11. The maximum absolute atomic E-state index is 13.7. The van der Waals surface area contributed by atoms with Crippen molar-refractivity contribution >= 4 is 17.0 Å². The van der Waals surface area contributed by atoms with Crippen LogP contribution in [0.1, 0.15) is 11.1 Å². The molecule has 3 rings (SSSR count). The van der Waals surface area contributed by atoms with Crippen molar-refractivity contribution in [1.29, 1.82) is 0 Å². The Morgan fingerprint density at radius 2 is 2.10 bits per heavy atom. The van der Waals surface area contributed by atoms with Crippen molar-refractivity contribution in [1.82, 2.24) is 9.55 Å². The van der Waals surface area contributed by atoms with E-state index in [0.717, 1.165) is 11.1 Å². The van der Waals surface area contributed by atoms with Crippen LogP contribution in [0.15, 0.2) is 36.4 Å². The lowest BCUT2D eigenvalue weighted by Crippen LogP contribution is -2.04. The summed E-state index contributed by atoms with van der Waals surface area (Å²) in [6.07, 6.45) is 0. The maximum Gasteiger partial charge on any atom is 0.201 e. The highest BCUT2D eigenvalue weighted by Crippen LogP contribution is 2.27. The Kier molecular flexibility index (Phi) is 3.25. The quantitative estimate of drug-likeness (QED) is 0.804. The molecule has 5 heteroatoms. The first-order chi connectivity index (χ1) is 10.1. The summed E-state index contributed by atoms with van der Waals surface area (Å²) >= 11 is 0. The van der Waals surface area contributed by atoms with Gasteiger partial charge in [-0.15, -0.1) is 0 Å². The number of hydrogen-bond donors (Lipinski definition) is 1. The molecule has 0 unspecified atom stereocenters. The van der Waals surface area contributed by atoms with E-state index in [1.807, 2.05) is 29.7 Å². The van der Waals surface area contributed by atoms with Gasteiger partial charge in [-0.2, -0.15) is 0 Å². The molecule has 2 aromatic carbocycles. The zero-order chi connectivity index (χ0) is 15.0. The van der Waals surface area contributed by atoms with Gasteiger partial charge in [0.05, 0.1) is 24.7 Å². The zero-order valence-electron chi connectivity index (χ0n) is 11.9. The molecule has 0 aliphatic heterocycles. The van der Waals surface area contributed by atoms with Crippen LogP contribution in [0.2, 0.25) is 0 Å². The molecule has 0 amide bonds. The minimum atomic E-state index is -0.440. The van der Waals surface area contributed by atoms with E-state index in [-0.39, 0.29) is 5.75 Å². The molecular formula is C16H16FN3O. The molecule has 1 heterocycles. The van der Waals surface area contributed by atoms with Gasteiger partial charge in [0.1, 0.15) is 0 Å². The average Bonchev–Trinajstić information content (AvgIpc) is 2.73. The van der Waals surface area contributed by atoms with Crippen LogP contribution < -0.4 is 10.5 Å². The lowest BCUT2D eigenvalue weighted by molar-refractivity contribution is 0.387. The van der Waals surface area contributed by atoms with E-state index >= 15 is 0 Å². The minimum absolute atomic E-state index is 0.188. The Hall–Kier alpha value is -2.56. The molecule has 0 aliphatic rings. The number of anilines is 1. The van der Waals surface area contributed by atoms with Crippen LogP contribution in [0.3, 0.4) is 0 Å². The van der Waals surface area contributed by atoms with Gasteiger partial charge in [0.25, 0.3) is 0 Å². The van der Waals surface area contributed by atoms with Crippen molar-refractivity contribution in [2.45, 2.75) is 13.5 Å². The van der Waals surface area contributed by atoms with E-state index in [4.69, 9.17) is 10.5 Å². The van der Waals surface area contributed by atoms with Crippen molar-refractivity contribution in [2.24, 2.45) is 0 Å². The van der Waals surface area contributed by atoms with Crippen LogP contribution in [-0.2, 0) is 6.54 Å². The number of nitrogens with two attached hydrogens (primary N) is 1. The van der Waals surface area contributed by atoms with Gasteiger partial charge >= 0.3 is 0 Å². The summed E-state index contributed by atoms with van der Waals surface area (Å²) in [5.41, 5.74) is 9.55. The first-order valence-electron chi connectivity index (χ1n) is 6.63. The number of rotatable bonds is 3. The summed E-state index contributed by atoms with van der Waals surface area (Å²) in [6, 6.07) is 11.1. The summed E-state index contributed by atoms with van der Waals surface area (Å²) in [7, 11) is 1.44. The summed E-state index contributed by atoms with van der Waals surface area (Å²) < 4.78 is 20.6. The normalized spacial score (nSPS) is 11.0. The molecule has 0 fully saturated rings. The van der Waals surface area contributed by atoms with Crippen molar-refractivity contribution < 1.29 is 9.13 Å². The van der Waals surface area contributed by atoms with Gasteiger partial charge in [-0.3, -0.25) is 0 Å². The summed E-state index contributed by atoms with van der Waals surface area (Å²) in [4.78, 5) is 4.21. The van der Waals surface area contributed by atoms with Gasteiger partial charge < -0.3 is 15.0 Å². The monoisotopic (exact) mass is 285 g/mol. The number of benzene rings is 2. The zero-order valence-corrected chi connectivity index (χ0v) is 11.9. The van der Waals surface area contributed by atoms with Gasteiger partial charge in [-0.1, -0.05) is 29.8 Å². The van der Waals surface area contributed by atoms with Crippen molar-refractivity contribution in [2.75, 3.05) is 12.8 Å². The third-order valence-corrected chi connectivity index (χ3v) is 3.47. The molecule has 108 valence electrons. The molecule has 0 atom stereocenters. The fraction of sp³-hybridized carbons (Fsp3) is 0.188. The second kappa shape index (κ2) is 5.09. The Labute approximate surface area is 122 Å². The number of imidazole rings is 1. The topological polar surface area (TPSA) is 53.1 Å². The molecule has 0 bridgehead atoms. The van der Waals surface area contributed by atoms with Gasteiger partial charge in [0.15, 0.2) is 11.6 Å². The molecule has 3 aromatic rings. The number of aryl methyl sites for hydroxylation is 1. The second-order valence-corrected chi connectivity index (χ2v) is 5.02. The highest BCUT2D eigenvalue weighted by atomic mass is 19.1. The average molecular weight is 285 g/mol. The van der Waals surface area contributed by atoms with Gasteiger partial charge in [-0.05, 0) is 12.5 Å². The van der Waals surface area contributed by atoms with E-state index < -0.39 is 5.82 Å². The number of halogens is 1. The molecular weight excluding hydrogens is 269 g/mol. The Bertz CT molecular complexity index is 811. The molecule has 21 heavy (non-hydrogen) atoms. The molecule has 0 saturated heterocycles. The van der Waals surface area contributed by atoms with Gasteiger partial charge in [0, 0.05) is 12.1 Å². The fourth-order valence-corrected chi connectivity index (χ4v) is 2.46. The van der Waals surface area contributed by atoms with Gasteiger partial charge in [0.2, 0.25) is 5.95 Å². The number of methoxy groups -OCH3 is 1. The van der Waals surface area contributed by atoms with E-state index in [1.54, 1.807) is 6.07 Å². The predicted octanol–water partition coefficient (Wildman–Crippen LogP) is 3.12. The number of nitrogen functional groups attached to an aromatic ring is 1. The highest BCUT2D eigenvalue weighted by Gasteiger charge is 2.13. The highest BCUT2D eigenvalue weighted by molar-refractivity contribution is 5.80. The van der Waals surface area contributed by atoms with Crippen LogP contribution in [0.25, 0.3) is 11.0 Å². The first kappa shape index (κ1) is 13.4. The number of fused-ring (bicyclic) bond motifs is 1. The van der Waals surface area contributed by atoms with E-state index in [0.29, 0.717) is 18.0 Å². The molecule has 4 nitrogen and oxygen atoms in total. The Morgan fingerprint density at radius 1 is 1.29 bits per heavy atom. The maximum atomic E-state index is 13.7. The molecule has 2 N–H and O–H groups in total. The van der Waals surface area contributed by atoms with Crippen molar-refractivity contribution in [3.63, 3.8) is 0 Å². The summed E-state index contributed by atoms with van der Waals surface area (Å²) in [6.45, 7) is 2.62. The molecule has 0 radical (unpaired) electrons. The van der Waals surface area contributed by atoms with Crippen LogP contribution >= 0.6 is 0 Å². The smallest absolute Gasteiger partial charge is 0.201 e. The van der Waals surface area contributed by atoms with Crippen LogP contribution in [0, 0.1) is 12.7 Å². The number of hydrogen-bond acceptors (Lipinski definition) is 3. The largest absolute Gasteiger partial charge is 0.494 e. The predicted molar refractivity (Wildman–Crippen MR) is 80.9 cm³/mol. The van der Waals surface area contributed by atoms with Crippen molar-refractivity contribution in [3.05, 3.63) is 53.3 Å². The number of ether oxygens (including phenoxy) is 1. The molecule has 0 saturated carbocycles. The van der Waals surface area contributed by atoms with Crippen LogP contribution in [0.5, 0.6) is 5.75 Å². The van der Waals surface area contributed by atoms with Gasteiger partial charge in [-0.25, -0.2) is 9.37 Å². The fourth-order valence-electron chi connectivity index (χ4n) is 2.46. The molecule has 0 aliphatic carbocycles. The summed E-state index contributed by atoms with van der Waals surface area (Å²) in [5, 5.41) is 0. The lowest BCUT2D eigenvalue weighted by Gasteiger charge is -2.08. The first-order valence-corrected chi connectivity index (χ1v) is 6.63. The van der Waals surface area contributed by atoms with Crippen LogP contribution in [-0.4, -0.2) is 16.7 Å². The SMILES string of the molecule is COc1cc2c(cc1F)nc(N)n2Cc1cccc(C)c1. The third-order valence-electron chi connectivity index (χ3n) is 3.47. The molecule has 1 aromatic heterocycles. The number of aromatic nitrogens is 2. The van der Waals surface area contributed by atoms with Crippen LogP contribution in [0.4, 0.5) is 10.3 Å². The standard InChI is InChI=1S/C16H16FN3O/c1-10-4-3-5-11(6-10)9-20-14-8-15(21-2)12(17)7-13(14)19-16(20)18/h3-8H,9H2,1-2H3,(H2,18,19). The second-order valence-electron chi connectivity index (χ2n) is 5.02. The van der Waals surface area contributed by atoms with Crippen molar-refractivity contribution in [3.8, 4) is 5.75 Å². The lowest BCUT2D eigenvalue weighted by atomic mass is 10.1. The van der Waals surface area contributed by atoms with E-state index in [2.05, 4.69) is 11.1 Å². The molecule has 0 spiro atoms. The number of nitrogens with zero attached hydrogens (tertiary/aromatic N) is 2. The van der Waals surface area contributed by atoms with E-state index in [9.17, 15) is 4.39 Å².